The third-order valence-electron chi connectivity index (χ3n) is 3.62. The van der Waals surface area contributed by atoms with Gasteiger partial charge in [0.15, 0.2) is 0 Å². The SMILES string of the molecule is O=C(O)CNC(=O)C1(c2ccccc2)CCNCC1. The lowest BCUT2D eigenvalue weighted by atomic mass is 9.72. The first-order valence-corrected chi connectivity index (χ1v) is 6.41. The second kappa shape index (κ2) is 5.84. The highest BCUT2D eigenvalue weighted by Gasteiger charge is 2.40. The predicted octanol–water partition coefficient (Wildman–Crippen LogP) is 0.509. The summed E-state index contributed by atoms with van der Waals surface area (Å²) in [6.45, 7) is 1.19. The molecule has 0 bridgehead atoms. The van der Waals surface area contributed by atoms with Crippen LogP contribution in [0.15, 0.2) is 30.3 Å². The van der Waals surface area contributed by atoms with Gasteiger partial charge in [0, 0.05) is 0 Å². The van der Waals surface area contributed by atoms with Crippen molar-refractivity contribution < 1.29 is 14.7 Å². The van der Waals surface area contributed by atoms with E-state index in [0.717, 1.165) is 18.7 Å². The van der Waals surface area contributed by atoms with Gasteiger partial charge < -0.3 is 15.7 Å². The topological polar surface area (TPSA) is 78.4 Å². The maximum absolute atomic E-state index is 12.4. The second-order valence-corrected chi connectivity index (χ2v) is 4.77. The maximum atomic E-state index is 12.4. The van der Waals surface area contributed by atoms with Gasteiger partial charge >= 0.3 is 5.97 Å². The molecule has 19 heavy (non-hydrogen) atoms. The summed E-state index contributed by atoms with van der Waals surface area (Å²) in [4.78, 5) is 23.0. The second-order valence-electron chi connectivity index (χ2n) is 4.77. The Morgan fingerprint density at radius 2 is 1.84 bits per heavy atom. The van der Waals surface area contributed by atoms with Crippen LogP contribution in [0.25, 0.3) is 0 Å². The number of carboxylic acid groups (broad SMARTS) is 1. The van der Waals surface area contributed by atoms with Crippen LogP contribution in [0.2, 0.25) is 0 Å². The van der Waals surface area contributed by atoms with E-state index < -0.39 is 11.4 Å². The quantitative estimate of drug-likeness (QED) is 0.738. The molecule has 5 heteroatoms. The van der Waals surface area contributed by atoms with Crippen molar-refractivity contribution in [2.75, 3.05) is 19.6 Å². The summed E-state index contributed by atoms with van der Waals surface area (Å²) < 4.78 is 0. The molecule has 0 radical (unpaired) electrons. The summed E-state index contributed by atoms with van der Waals surface area (Å²) in [5, 5.41) is 14.4. The summed E-state index contributed by atoms with van der Waals surface area (Å²) in [6, 6.07) is 9.60. The Labute approximate surface area is 112 Å². The fourth-order valence-corrected chi connectivity index (χ4v) is 2.58. The van der Waals surface area contributed by atoms with Gasteiger partial charge in [0.25, 0.3) is 0 Å². The van der Waals surface area contributed by atoms with Gasteiger partial charge in [0.1, 0.15) is 6.54 Å². The summed E-state index contributed by atoms with van der Waals surface area (Å²) in [7, 11) is 0. The Kier molecular flexibility index (Phi) is 4.16. The largest absolute Gasteiger partial charge is 0.480 e. The molecular formula is C14H18N2O3. The van der Waals surface area contributed by atoms with E-state index in [0.29, 0.717) is 12.8 Å². The van der Waals surface area contributed by atoms with Crippen LogP contribution in [0.5, 0.6) is 0 Å². The Balaban J connectivity index is 2.24. The van der Waals surface area contributed by atoms with Crippen molar-refractivity contribution in [1.82, 2.24) is 10.6 Å². The van der Waals surface area contributed by atoms with Gasteiger partial charge in [-0.25, -0.2) is 0 Å². The number of nitrogens with one attached hydrogen (secondary N) is 2. The molecule has 1 saturated heterocycles. The molecule has 1 aliphatic rings. The first-order valence-electron chi connectivity index (χ1n) is 6.41. The van der Waals surface area contributed by atoms with Gasteiger partial charge in [-0.05, 0) is 31.5 Å². The Hall–Kier alpha value is -1.88. The van der Waals surface area contributed by atoms with Crippen molar-refractivity contribution >= 4 is 11.9 Å². The highest BCUT2D eigenvalue weighted by atomic mass is 16.4. The Bertz CT molecular complexity index is 453. The van der Waals surface area contributed by atoms with E-state index >= 15 is 0 Å². The minimum Gasteiger partial charge on any atom is -0.480 e. The van der Waals surface area contributed by atoms with Gasteiger partial charge in [-0.15, -0.1) is 0 Å². The van der Waals surface area contributed by atoms with E-state index in [1.165, 1.54) is 0 Å². The number of benzene rings is 1. The number of piperidine rings is 1. The highest BCUT2D eigenvalue weighted by molar-refractivity contribution is 5.90. The lowest BCUT2D eigenvalue weighted by Crippen LogP contribution is -2.51. The lowest BCUT2D eigenvalue weighted by Gasteiger charge is -2.36. The van der Waals surface area contributed by atoms with E-state index in [1.807, 2.05) is 30.3 Å². The Morgan fingerprint density at radius 1 is 1.21 bits per heavy atom. The number of rotatable bonds is 4. The van der Waals surface area contributed by atoms with Crippen molar-refractivity contribution in [1.29, 1.82) is 0 Å². The molecule has 1 amide bonds. The monoisotopic (exact) mass is 262 g/mol. The van der Waals surface area contributed by atoms with E-state index in [1.54, 1.807) is 0 Å². The average Bonchev–Trinajstić information content (AvgIpc) is 2.46. The zero-order chi connectivity index (χ0) is 13.7. The molecule has 0 aliphatic carbocycles. The van der Waals surface area contributed by atoms with Crippen molar-refractivity contribution in [3.63, 3.8) is 0 Å². The molecular weight excluding hydrogens is 244 g/mol. The molecule has 1 aliphatic heterocycles. The minimum absolute atomic E-state index is 0.192. The van der Waals surface area contributed by atoms with Crippen molar-refractivity contribution in [2.45, 2.75) is 18.3 Å². The molecule has 3 N–H and O–H groups in total. The van der Waals surface area contributed by atoms with Gasteiger partial charge in [0.05, 0.1) is 5.41 Å². The van der Waals surface area contributed by atoms with Crippen LogP contribution in [-0.4, -0.2) is 36.6 Å². The summed E-state index contributed by atoms with van der Waals surface area (Å²) >= 11 is 0. The minimum atomic E-state index is -1.02. The molecule has 0 unspecified atom stereocenters. The van der Waals surface area contributed by atoms with Crippen LogP contribution in [0, 0.1) is 0 Å². The molecule has 1 aromatic rings. The van der Waals surface area contributed by atoms with Crippen molar-refractivity contribution in [3.05, 3.63) is 35.9 Å². The van der Waals surface area contributed by atoms with Crippen LogP contribution >= 0.6 is 0 Å². The molecule has 102 valence electrons. The van der Waals surface area contributed by atoms with Crippen LogP contribution < -0.4 is 10.6 Å². The van der Waals surface area contributed by atoms with E-state index in [-0.39, 0.29) is 12.5 Å². The fraction of sp³-hybridized carbons (Fsp3) is 0.429. The molecule has 2 rings (SSSR count). The smallest absolute Gasteiger partial charge is 0.322 e. The van der Waals surface area contributed by atoms with Crippen LogP contribution in [0.4, 0.5) is 0 Å². The lowest BCUT2D eigenvalue weighted by molar-refractivity contribution is -0.139. The summed E-state index contributed by atoms with van der Waals surface area (Å²) in [5.74, 6) is -1.21. The Morgan fingerprint density at radius 3 is 2.42 bits per heavy atom. The van der Waals surface area contributed by atoms with Crippen LogP contribution in [-0.2, 0) is 15.0 Å². The molecule has 1 heterocycles. The number of hydrogen-bond donors (Lipinski definition) is 3. The maximum Gasteiger partial charge on any atom is 0.322 e. The van der Waals surface area contributed by atoms with Crippen molar-refractivity contribution in [2.24, 2.45) is 0 Å². The van der Waals surface area contributed by atoms with Gasteiger partial charge in [0.2, 0.25) is 5.91 Å². The van der Waals surface area contributed by atoms with Gasteiger partial charge in [-0.2, -0.15) is 0 Å². The van der Waals surface area contributed by atoms with Crippen LogP contribution in [0.1, 0.15) is 18.4 Å². The fourth-order valence-electron chi connectivity index (χ4n) is 2.58. The van der Waals surface area contributed by atoms with E-state index in [2.05, 4.69) is 10.6 Å². The summed E-state index contributed by atoms with van der Waals surface area (Å²) in [5.41, 5.74) is 0.349. The normalized spacial score (nSPS) is 17.7. The third-order valence-corrected chi connectivity index (χ3v) is 3.62. The average molecular weight is 262 g/mol. The number of carbonyl (C=O) groups is 2. The predicted molar refractivity (Wildman–Crippen MR) is 70.9 cm³/mol. The van der Waals surface area contributed by atoms with Gasteiger partial charge in [-0.3, -0.25) is 9.59 Å². The third kappa shape index (κ3) is 2.93. The molecule has 0 atom stereocenters. The van der Waals surface area contributed by atoms with Crippen molar-refractivity contribution in [3.8, 4) is 0 Å². The summed E-state index contributed by atoms with van der Waals surface area (Å²) in [6.07, 6.45) is 1.37. The number of carbonyl (C=O) groups excluding carboxylic acids is 1. The zero-order valence-electron chi connectivity index (χ0n) is 10.7. The highest BCUT2D eigenvalue weighted by Crippen LogP contribution is 2.33. The zero-order valence-corrected chi connectivity index (χ0v) is 10.7. The van der Waals surface area contributed by atoms with Gasteiger partial charge in [-0.1, -0.05) is 30.3 Å². The molecule has 0 aromatic heterocycles. The first-order chi connectivity index (χ1) is 9.15. The molecule has 5 nitrogen and oxygen atoms in total. The molecule has 1 aromatic carbocycles. The standard InChI is InChI=1S/C14H18N2O3/c17-12(18)10-16-13(19)14(6-8-15-9-7-14)11-4-2-1-3-5-11/h1-5,15H,6-10H2,(H,16,19)(H,17,18). The van der Waals surface area contributed by atoms with E-state index in [9.17, 15) is 9.59 Å². The number of aliphatic carboxylic acids is 1. The molecule has 1 fully saturated rings. The number of carboxylic acids is 1. The van der Waals surface area contributed by atoms with Crippen LogP contribution in [0.3, 0.4) is 0 Å². The van der Waals surface area contributed by atoms with E-state index in [4.69, 9.17) is 5.11 Å². The molecule has 0 spiro atoms. The number of hydrogen-bond acceptors (Lipinski definition) is 3. The number of amides is 1. The first kappa shape index (κ1) is 13.5. The molecule has 0 saturated carbocycles.